The molecule has 2 atom stereocenters. The number of rotatable bonds is 14. The number of likely N-dealkylation sites (tertiary alicyclic amines) is 1. The number of carbonyl (C=O) groups is 1. The second-order valence-corrected chi connectivity index (χ2v) is 8.97. The van der Waals surface area contributed by atoms with Gasteiger partial charge in [-0.1, -0.05) is 32.6 Å². The Hall–Kier alpha value is -1.92. The molecule has 0 spiro atoms. The third kappa shape index (κ3) is 7.89. The maximum atomic E-state index is 12.5. The highest BCUT2D eigenvalue weighted by molar-refractivity contribution is 5.81. The number of nitrogens with one attached hydrogen (secondary N) is 1. The van der Waals surface area contributed by atoms with Crippen molar-refractivity contribution < 1.29 is 14.6 Å². The van der Waals surface area contributed by atoms with Crippen LogP contribution in [-0.4, -0.2) is 65.6 Å². The molecule has 32 heavy (non-hydrogen) atoms. The van der Waals surface area contributed by atoms with E-state index in [4.69, 9.17) is 15.3 Å². The summed E-state index contributed by atoms with van der Waals surface area (Å²) in [5.41, 5.74) is 2.06. The highest BCUT2D eigenvalue weighted by Crippen LogP contribution is 2.30. The van der Waals surface area contributed by atoms with Crippen LogP contribution in [-0.2, 0) is 9.53 Å². The topological polar surface area (TPSA) is 76.9 Å². The van der Waals surface area contributed by atoms with Gasteiger partial charge in [-0.3, -0.25) is 10.2 Å². The van der Waals surface area contributed by atoms with Gasteiger partial charge in [-0.15, -0.1) is 0 Å². The monoisotopic (exact) mass is 445 g/mol. The first-order valence-corrected chi connectivity index (χ1v) is 12.4. The molecule has 0 aliphatic carbocycles. The van der Waals surface area contributed by atoms with E-state index in [0.717, 1.165) is 56.6 Å². The molecule has 1 fully saturated rings. The highest BCUT2D eigenvalue weighted by Gasteiger charge is 2.28. The van der Waals surface area contributed by atoms with E-state index in [9.17, 15) is 4.79 Å². The van der Waals surface area contributed by atoms with E-state index < -0.39 is 0 Å². The van der Waals surface area contributed by atoms with Gasteiger partial charge in [0.2, 0.25) is 5.91 Å². The van der Waals surface area contributed by atoms with Crippen LogP contribution >= 0.6 is 0 Å². The molecule has 0 saturated carbocycles. The van der Waals surface area contributed by atoms with Gasteiger partial charge in [-0.2, -0.15) is 0 Å². The van der Waals surface area contributed by atoms with Crippen molar-refractivity contribution in [3.8, 4) is 0 Å². The van der Waals surface area contributed by atoms with Crippen molar-refractivity contribution in [1.29, 1.82) is 5.41 Å². The molecule has 2 heterocycles. The Morgan fingerprint density at radius 1 is 1.22 bits per heavy atom. The molecular weight excluding hydrogens is 402 g/mol. The van der Waals surface area contributed by atoms with E-state index in [1.54, 1.807) is 6.08 Å². The summed E-state index contributed by atoms with van der Waals surface area (Å²) in [7, 11) is 0. The molecule has 0 radical (unpaired) electrons. The number of hydrogen-bond donors (Lipinski definition) is 2. The maximum absolute atomic E-state index is 12.5. The summed E-state index contributed by atoms with van der Waals surface area (Å²) in [5, 5.41) is 16.4. The van der Waals surface area contributed by atoms with Gasteiger partial charge in [0.25, 0.3) is 0 Å². The second-order valence-electron chi connectivity index (χ2n) is 8.97. The van der Waals surface area contributed by atoms with E-state index in [1.807, 2.05) is 11.0 Å². The van der Waals surface area contributed by atoms with Gasteiger partial charge in [0.05, 0.1) is 13.2 Å². The molecule has 2 unspecified atom stereocenters. The van der Waals surface area contributed by atoms with Gasteiger partial charge in [0, 0.05) is 37.7 Å². The number of hydrogen-bond acceptors (Lipinski definition) is 5. The Morgan fingerprint density at radius 3 is 2.72 bits per heavy atom. The molecule has 2 N–H and O–H groups in total. The molecule has 2 rings (SSSR count). The van der Waals surface area contributed by atoms with Crippen molar-refractivity contribution in [3.63, 3.8) is 0 Å². The quantitative estimate of drug-likeness (QED) is 0.232. The number of allylic oxidation sites excluding steroid dienone is 3. The second kappa shape index (κ2) is 14.3. The van der Waals surface area contributed by atoms with Crippen molar-refractivity contribution in [1.82, 2.24) is 9.80 Å². The molecule has 2 aliphatic rings. The SMILES string of the molecule is C=CC1=C(C=C)N(CCCN2CCC(CCCOC(=N)CCO)CC2CCC)C(=O)CC1. The van der Waals surface area contributed by atoms with Crippen molar-refractivity contribution >= 4 is 11.8 Å². The first kappa shape index (κ1) is 26.3. The minimum atomic E-state index is -0.0253. The normalized spacial score (nSPS) is 22.2. The van der Waals surface area contributed by atoms with Crippen LogP contribution in [0.5, 0.6) is 0 Å². The molecule has 1 amide bonds. The highest BCUT2D eigenvalue weighted by atomic mass is 16.5. The zero-order valence-electron chi connectivity index (χ0n) is 20.0. The summed E-state index contributed by atoms with van der Waals surface area (Å²) >= 11 is 0. The smallest absolute Gasteiger partial charge is 0.227 e. The van der Waals surface area contributed by atoms with Gasteiger partial charge < -0.3 is 19.6 Å². The van der Waals surface area contributed by atoms with Crippen LogP contribution in [0.25, 0.3) is 0 Å². The van der Waals surface area contributed by atoms with Crippen molar-refractivity contribution in [2.75, 3.05) is 32.8 Å². The third-order valence-electron chi connectivity index (χ3n) is 6.74. The molecule has 6 heteroatoms. The Bertz CT molecular complexity index is 673. The van der Waals surface area contributed by atoms with E-state index >= 15 is 0 Å². The van der Waals surface area contributed by atoms with Gasteiger partial charge in [-0.25, -0.2) is 0 Å². The van der Waals surface area contributed by atoms with Crippen molar-refractivity contribution in [2.45, 2.75) is 77.2 Å². The summed E-state index contributed by atoms with van der Waals surface area (Å²) in [6, 6.07) is 0.613. The van der Waals surface area contributed by atoms with Crippen LogP contribution in [0.4, 0.5) is 0 Å². The lowest BCUT2D eigenvalue weighted by molar-refractivity contribution is -0.129. The fourth-order valence-electron chi connectivity index (χ4n) is 5.05. The molecule has 0 aromatic rings. The van der Waals surface area contributed by atoms with Crippen LogP contribution in [0.15, 0.2) is 36.6 Å². The first-order valence-electron chi connectivity index (χ1n) is 12.4. The van der Waals surface area contributed by atoms with E-state index in [1.165, 1.54) is 25.7 Å². The molecule has 0 aromatic carbocycles. The summed E-state index contributed by atoms with van der Waals surface area (Å²) < 4.78 is 5.39. The molecular formula is C26H43N3O3. The molecule has 0 bridgehead atoms. The number of nitrogens with zero attached hydrogens (tertiary/aromatic N) is 2. The number of ether oxygens (including phenoxy) is 1. The Balaban J connectivity index is 1.80. The predicted molar refractivity (Wildman–Crippen MR) is 131 cm³/mol. The van der Waals surface area contributed by atoms with Crippen LogP contribution in [0.2, 0.25) is 0 Å². The number of piperidine rings is 1. The molecule has 1 saturated heterocycles. The summed E-state index contributed by atoms with van der Waals surface area (Å²) in [6.07, 6.45) is 13.2. The largest absolute Gasteiger partial charge is 0.481 e. The van der Waals surface area contributed by atoms with Crippen molar-refractivity contribution in [3.05, 3.63) is 36.6 Å². The first-order chi connectivity index (χ1) is 15.5. The minimum absolute atomic E-state index is 0.0253. The number of carbonyl (C=O) groups excluding carboxylic acids is 1. The maximum Gasteiger partial charge on any atom is 0.227 e. The van der Waals surface area contributed by atoms with E-state index in [2.05, 4.69) is 25.0 Å². The Labute approximate surface area is 194 Å². The zero-order chi connectivity index (χ0) is 23.3. The Kier molecular flexibility index (Phi) is 11.7. The van der Waals surface area contributed by atoms with E-state index in [-0.39, 0.29) is 18.4 Å². The fourth-order valence-corrected chi connectivity index (χ4v) is 5.05. The molecule has 180 valence electrons. The average molecular weight is 446 g/mol. The molecule has 2 aliphatic heterocycles. The standard InChI is InChI=1S/C26H43N3O3/c1-4-9-23-20-21(10-7-19-32-25(27)14-18-30)13-17-28(23)15-8-16-29-24(6-3)22(5-2)11-12-26(29)31/h5-6,21,23,27,30H,2-4,7-20H2,1H3. The number of aliphatic hydroxyl groups excluding tert-OH is 1. The predicted octanol–water partition coefficient (Wildman–Crippen LogP) is 4.66. The van der Waals surface area contributed by atoms with E-state index in [0.29, 0.717) is 31.4 Å². The molecule has 6 nitrogen and oxygen atoms in total. The Morgan fingerprint density at radius 2 is 2.03 bits per heavy atom. The van der Waals surface area contributed by atoms with Gasteiger partial charge in [-0.05, 0) is 69.1 Å². The summed E-state index contributed by atoms with van der Waals surface area (Å²) in [5.74, 6) is 1.10. The molecule has 0 aromatic heterocycles. The van der Waals surface area contributed by atoms with Gasteiger partial charge in [0.1, 0.15) is 0 Å². The third-order valence-corrected chi connectivity index (χ3v) is 6.74. The van der Waals surface area contributed by atoms with Crippen LogP contribution < -0.4 is 0 Å². The van der Waals surface area contributed by atoms with Crippen LogP contribution in [0.3, 0.4) is 0 Å². The number of amides is 1. The lowest BCUT2D eigenvalue weighted by Gasteiger charge is -2.40. The van der Waals surface area contributed by atoms with Crippen molar-refractivity contribution in [2.24, 2.45) is 5.92 Å². The lowest BCUT2D eigenvalue weighted by atomic mass is 9.85. The lowest BCUT2D eigenvalue weighted by Crippen LogP contribution is -2.44. The van der Waals surface area contributed by atoms with Gasteiger partial charge in [0.15, 0.2) is 5.90 Å². The van der Waals surface area contributed by atoms with Gasteiger partial charge >= 0.3 is 0 Å². The summed E-state index contributed by atoms with van der Waals surface area (Å²) in [6.45, 7) is 13.5. The summed E-state index contributed by atoms with van der Waals surface area (Å²) in [4.78, 5) is 17.0. The average Bonchev–Trinajstić information content (AvgIpc) is 2.79. The fraction of sp³-hybridized carbons (Fsp3) is 0.692. The minimum Gasteiger partial charge on any atom is -0.481 e. The zero-order valence-corrected chi connectivity index (χ0v) is 20.0. The number of aliphatic hydroxyl groups is 1. The van der Waals surface area contributed by atoms with Crippen LogP contribution in [0.1, 0.15) is 71.1 Å². The van der Waals surface area contributed by atoms with Crippen LogP contribution in [0, 0.1) is 11.3 Å².